The number of nitrogens with zero attached hydrogens (tertiary/aromatic N) is 2. The van der Waals surface area contributed by atoms with Crippen molar-refractivity contribution in [2.45, 2.75) is 25.3 Å². The normalized spacial score (nSPS) is 11.4. The molecule has 8 heteroatoms. The van der Waals surface area contributed by atoms with E-state index in [4.69, 9.17) is 4.74 Å². The van der Waals surface area contributed by atoms with Crippen molar-refractivity contribution in [1.82, 2.24) is 9.78 Å². The molecule has 2 aromatic rings. The number of aromatic nitrogens is 2. The van der Waals surface area contributed by atoms with Crippen LogP contribution in [-0.4, -0.2) is 25.3 Å². The van der Waals surface area contributed by atoms with E-state index in [0.717, 1.165) is 4.68 Å². The average molecular weight is 313 g/mol. The zero-order valence-electron chi connectivity index (χ0n) is 11.9. The number of benzene rings is 1. The molecular weight excluding hydrogens is 297 g/mol. The van der Waals surface area contributed by atoms with Crippen LogP contribution in [0, 0.1) is 12.9 Å². The Labute approximate surface area is 122 Å². The van der Waals surface area contributed by atoms with Crippen LogP contribution in [0.15, 0.2) is 29.2 Å². The van der Waals surface area contributed by atoms with Gasteiger partial charge in [0.2, 0.25) is 5.95 Å². The van der Waals surface area contributed by atoms with Gasteiger partial charge in [-0.05, 0) is 38.1 Å². The van der Waals surface area contributed by atoms with E-state index in [-0.39, 0.29) is 12.2 Å². The molecule has 6 nitrogen and oxygen atoms in total. The fourth-order valence-electron chi connectivity index (χ4n) is 1.92. The van der Waals surface area contributed by atoms with Crippen LogP contribution in [0.3, 0.4) is 0 Å². The molecule has 1 heterocycles. The Hall–Kier alpha value is -2.09. The summed E-state index contributed by atoms with van der Waals surface area (Å²) in [5, 5.41) is 3.87. The lowest BCUT2D eigenvalue weighted by Gasteiger charge is -2.08. The van der Waals surface area contributed by atoms with Crippen LogP contribution in [-0.2, 0) is 16.6 Å². The van der Waals surface area contributed by atoms with Gasteiger partial charge in [-0.15, -0.1) is 0 Å². The molecule has 0 fully saturated rings. The molecule has 0 atom stereocenters. The minimum Gasteiger partial charge on any atom is -0.497 e. The third-order valence-electron chi connectivity index (χ3n) is 2.92. The summed E-state index contributed by atoms with van der Waals surface area (Å²) in [6.45, 7) is 3.39. The van der Waals surface area contributed by atoms with E-state index in [2.05, 4.69) is 9.82 Å². The second-order valence-corrected chi connectivity index (χ2v) is 5.97. The largest absolute Gasteiger partial charge is 0.497 e. The first kappa shape index (κ1) is 15.3. The highest BCUT2D eigenvalue weighted by atomic mass is 32.2. The minimum atomic E-state index is -4.03. The molecule has 0 aliphatic rings. The van der Waals surface area contributed by atoms with Crippen molar-refractivity contribution in [1.29, 1.82) is 0 Å². The van der Waals surface area contributed by atoms with Gasteiger partial charge in [0, 0.05) is 12.2 Å². The Bertz CT molecular complexity index is 739. The van der Waals surface area contributed by atoms with Gasteiger partial charge in [-0.1, -0.05) is 0 Å². The van der Waals surface area contributed by atoms with Crippen LogP contribution in [0.25, 0.3) is 0 Å². The predicted molar refractivity (Wildman–Crippen MR) is 76.4 cm³/mol. The van der Waals surface area contributed by atoms with E-state index in [1.54, 1.807) is 19.1 Å². The van der Waals surface area contributed by atoms with Gasteiger partial charge in [0.1, 0.15) is 5.75 Å². The van der Waals surface area contributed by atoms with Gasteiger partial charge in [0.15, 0.2) is 4.90 Å². The molecule has 1 aromatic carbocycles. The number of aryl methyl sites for hydroxylation is 2. The number of ether oxygens (including phenoxy) is 1. The van der Waals surface area contributed by atoms with Crippen molar-refractivity contribution in [2.75, 3.05) is 11.8 Å². The zero-order chi connectivity index (χ0) is 15.6. The molecule has 114 valence electrons. The highest BCUT2D eigenvalue weighted by molar-refractivity contribution is 7.92. The van der Waals surface area contributed by atoms with Crippen molar-refractivity contribution < 1.29 is 17.5 Å². The molecule has 0 bridgehead atoms. The molecule has 1 N–H and O–H groups in total. The first-order chi connectivity index (χ1) is 9.89. The molecule has 0 saturated heterocycles. The van der Waals surface area contributed by atoms with Crippen molar-refractivity contribution in [3.05, 3.63) is 35.9 Å². The predicted octanol–water partition coefficient (Wildman–Crippen LogP) is 2.16. The fourth-order valence-corrected chi connectivity index (χ4v) is 3.22. The Kier molecular flexibility index (Phi) is 4.17. The van der Waals surface area contributed by atoms with Gasteiger partial charge in [-0.25, -0.2) is 13.1 Å². The topological polar surface area (TPSA) is 73.2 Å². The highest BCUT2D eigenvalue weighted by Crippen LogP contribution is 2.23. The second kappa shape index (κ2) is 5.72. The van der Waals surface area contributed by atoms with Gasteiger partial charge >= 0.3 is 0 Å². The number of hydrogen-bond acceptors (Lipinski definition) is 4. The molecule has 1 aromatic heterocycles. The summed E-state index contributed by atoms with van der Waals surface area (Å²) >= 11 is 0. The van der Waals surface area contributed by atoms with Crippen LogP contribution in [0.5, 0.6) is 5.75 Å². The van der Waals surface area contributed by atoms with Crippen LogP contribution in [0.4, 0.5) is 10.1 Å². The number of rotatable bonds is 5. The van der Waals surface area contributed by atoms with Crippen molar-refractivity contribution in [3.63, 3.8) is 0 Å². The fraction of sp³-hybridized carbons (Fsp3) is 0.308. The molecule has 0 saturated carbocycles. The average Bonchev–Trinajstić information content (AvgIpc) is 2.74. The molecule has 0 aliphatic heterocycles. The summed E-state index contributed by atoms with van der Waals surface area (Å²) < 4.78 is 47.0. The van der Waals surface area contributed by atoms with Crippen LogP contribution >= 0.6 is 0 Å². The first-order valence-electron chi connectivity index (χ1n) is 6.28. The molecule has 0 amide bonds. The van der Waals surface area contributed by atoms with Gasteiger partial charge < -0.3 is 4.74 Å². The number of sulfonamides is 1. The second-order valence-electron chi connectivity index (χ2n) is 4.36. The van der Waals surface area contributed by atoms with Gasteiger partial charge in [0.05, 0.1) is 12.8 Å². The first-order valence-corrected chi connectivity index (χ1v) is 7.77. The highest BCUT2D eigenvalue weighted by Gasteiger charge is 2.27. The molecular formula is C13H16FN3O3S. The van der Waals surface area contributed by atoms with Crippen LogP contribution in [0.1, 0.15) is 12.6 Å². The zero-order valence-corrected chi connectivity index (χ0v) is 12.7. The van der Waals surface area contributed by atoms with Crippen molar-refractivity contribution in [3.8, 4) is 5.75 Å². The third kappa shape index (κ3) is 2.99. The number of nitrogens with one attached hydrogen (secondary N) is 1. The van der Waals surface area contributed by atoms with E-state index in [9.17, 15) is 12.8 Å². The molecule has 2 rings (SSSR count). The quantitative estimate of drug-likeness (QED) is 0.918. The molecule has 0 radical (unpaired) electrons. The van der Waals surface area contributed by atoms with E-state index in [1.807, 2.05) is 0 Å². The Balaban J connectivity index is 2.36. The molecule has 0 aliphatic carbocycles. The summed E-state index contributed by atoms with van der Waals surface area (Å²) in [5.74, 6) is -0.268. The maximum atomic E-state index is 14.1. The monoisotopic (exact) mass is 313 g/mol. The summed E-state index contributed by atoms with van der Waals surface area (Å²) in [4.78, 5) is -0.430. The Morgan fingerprint density at radius 3 is 2.43 bits per heavy atom. The Morgan fingerprint density at radius 1 is 1.33 bits per heavy atom. The summed E-state index contributed by atoms with van der Waals surface area (Å²) in [5.41, 5.74) is 0.439. The SMILES string of the molecule is CCn1nc(C)c(S(=O)(=O)Nc2ccc(OC)cc2)c1F. The van der Waals surface area contributed by atoms with E-state index < -0.39 is 20.9 Å². The summed E-state index contributed by atoms with van der Waals surface area (Å²) in [7, 11) is -2.52. The van der Waals surface area contributed by atoms with Crippen LogP contribution in [0.2, 0.25) is 0 Å². The molecule has 0 unspecified atom stereocenters. The van der Waals surface area contributed by atoms with Crippen molar-refractivity contribution in [2.24, 2.45) is 0 Å². The van der Waals surface area contributed by atoms with Gasteiger partial charge in [-0.2, -0.15) is 9.49 Å². The van der Waals surface area contributed by atoms with Gasteiger partial charge in [-0.3, -0.25) is 4.72 Å². The summed E-state index contributed by atoms with van der Waals surface area (Å²) in [6.07, 6.45) is 0. The lowest BCUT2D eigenvalue weighted by molar-refractivity contribution is 0.415. The minimum absolute atomic E-state index is 0.121. The lowest BCUT2D eigenvalue weighted by Crippen LogP contribution is -2.15. The number of hydrogen-bond donors (Lipinski definition) is 1. The molecule has 21 heavy (non-hydrogen) atoms. The lowest BCUT2D eigenvalue weighted by atomic mass is 10.3. The number of anilines is 1. The maximum Gasteiger partial charge on any atom is 0.268 e. The van der Waals surface area contributed by atoms with E-state index in [1.165, 1.54) is 26.2 Å². The van der Waals surface area contributed by atoms with Gasteiger partial charge in [0.25, 0.3) is 10.0 Å². The standard InChI is InChI=1S/C13H16FN3O3S/c1-4-17-13(14)12(9(2)15-17)21(18,19)16-10-5-7-11(20-3)8-6-10/h5-8,16H,4H2,1-3H3. The molecule has 0 spiro atoms. The smallest absolute Gasteiger partial charge is 0.268 e. The van der Waals surface area contributed by atoms with E-state index in [0.29, 0.717) is 11.4 Å². The van der Waals surface area contributed by atoms with Crippen molar-refractivity contribution >= 4 is 15.7 Å². The maximum absolute atomic E-state index is 14.1. The third-order valence-corrected chi connectivity index (χ3v) is 4.43. The summed E-state index contributed by atoms with van der Waals surface area (Å²) in [6, 6.07) is 6.29. The van der Waals surface area contributed by atoms with E-state index >= 15 is 0 Å². The number of methoxy groups -OCH3 is 1. The van der Waals surface area contributed by atoms with Crippen LogP contribution < -0.4 is 9.46 Å². The Morgan fingerprint density at radius 2 is 1.95 bits per heavy atom. The number of halogens is 1.